The highest BCUT2D eigenvalue weighted by atomic mass is 32.2. The van der Waals surface area contributed by atoms with Gasteiger partial charge in [-0.25, -0.2) is 8.42 Å². The quantitative estimate of drug-likeness (QED) is 0.785. The van der Waals surface area contributed by atoms with Gasteiger partial charge in [0.25, 0.3) is 10.1 Å². The van der Waals surface area contributed by atoms with Crippen LogP contribution >= 0.6 is 0 Å². The standard InChI is InChI=1S/C7H8O3S.C3H9NO2S/c1-10-11(8,9)7-5-3-2-4-6-7;1-7(5,6)3-2-4/h2-6H,1H3;2-4H2,1H3. The lowest BCUT2D eigenvalue weighted by atomic mass is 10.4. The van der Waals surface area contributed by atoms with Crippen molar-refractivity contribution >= 4 is 20.0 Å². The Balaban J connectivity index is 0.000000360. The minimum Gasteiger partial charge on any atom is -0.329 e. The summed E-state index contributed by atoms with van der Waals surface area (Å²) in [5, 5.41) is 0. The Hall–Kier alpha value is -0.960. The van der Waals surface area contributed by atoms with Crippen LogP contribution in [0.5, 0.6) is 0 Å². The van der Waals surface area contributed by atoms with E-state index in [0.29, 0.717) is 0 Å². The van der Waals surface area contributed by atoms with E-state index in [1.807, 2.05) is 0 Å². The molecule has 8 heteroatoms. The molecule has 0 fully saturated rings. The first-order valence-corrected chi connectivity index (χ1v) is 8.43. The zero-order valence-electron chi connectivity index (χ0n) is 10.2. The van der Waals surface area contributed by atoms with Crippen LogP contribution in [0, 0.1) is 0 Å². The predicted octanol–water partition coefficient (Wildman–Crippen LogP) is 0.0114. The van der Waals surface area contributed by atoms with E-state index >= 15 is 0 Å². The average Bonchev–Trinajstić information content (AvgIpc) is 2.29. The van der Waals surface area contributed by atoms with E-state index in [0.717, 1.165) is 7.11 Å². The van der Waals surface area contributed by atoms with Gasteiger partial charge in [0, 0.05) is 12.8 Å². The van der Waals surface area contributed by atoms with Gasteiger partial charge in [-0.05, 0) is 12.1 Å². The highest BCUT2D eigenvalue weighted by molar-refractivity contribution is 7.90. The Bertz CT molecular complexity index is 537. The van der Waals surface area contributed by atoms with Crippen molar-refractivity contribution in [3.05, 3.63) is 30.3 Å². The van der Waals surface area contributed by atoms with Gasteiger partial charge in [0.2, 0.25) is 0 Å². The van der Waals surface area contributed by atoms with Gasteiger partial charge in [0.1, 0.15) is 9.84 Å². The van der Waals surface area contributed by atoms with E-state index in [2.05, 4.69) is 4.18 Å². The molecular weight excluding hydrogens is 278 g/mol. The van der Waals surface area contributed by atoms with Crippen molar-refractivity contribution in [3.63, 3.8) is 0 Å². The lowest BCUT2D eigenvalue weighted by molar-refractivity contribution is 0.398. The second-order valence-electron chi connectivity index (χ2n) is 3.35. The van der Waals surface area contributed by atoms with Crippen LogP contribution in [-0.2, 0) is 24.1 Å². The average molecular weight is 295 g/mol. The van der Waals surface area contributed by atoms with Crippen molar-refractivity contribution in [2.75, 3.05) is 25.7 Å². The van der Waals surface area contributed by atoms with Crippen LogP contribution < -0.4 is 5.73 Å². The third-order valence-corrected chi connectivity index (χ3v) is 4.01. The fraction of sp³-hybridized carbons (Fsp3) is 0.400. The molecule has 0 aromatic heterocycles. The van der Waals surface area contributed by atoms with Crippen molar-refractivity contribution in [1.82, 2.24) is 0 Å². The summed E-state index contributed by atoms with van der Waals surface area (Å²) < 4.78 is 46.6. The number of nitrogens with two attached hydrogens (primary N) is 1. The Morgan fingerprint density at radius 2 is 1.61 bits per heavy atom. The zero-order chi connectivity index (χ0) is 14.2. The summed E-state index contributed by atoms with van der Waals surface area (Å²) in [5.41, 5.74) is 4.94. The molecule has 1 aromatic carbocycles. The molecule has 0 aliphatic carbocycles. The zero-order valence-corrected chi connectivity index (χ0v) is 11.9. The smallest absolute Gasteiger partial charge is 0.296 e. The summed E-state index contributed by atoms with van der Waals surface area (Å²) in [7, 11) is -5.16. The number of rotatable bonds is 4. The van der Waals surface area contributed by atoms with Gasteiger partial charge >= 0.3 is 0 Å². The molecule has 0 unspecified atom stereocenters. The normalized spacial score (nSPS) is 11.5. The van der Waals surface area contributed by atoms with Crippen molar-refractivity contribution in [1.29, 1.82) is 0 Å². The monoisotopic (exact) mass is 295 g/mol. The van der Waals surface area contributed by atoms with Crippen molar-refractivity contribution in [2.45, 2.75) is 4.90 Å². The van der Waals surface area contributed by atoms with Crippen LogP contribution in [0.15, 0.2) is 35.2 Å². The van der Waals surface area contributed by atoms with Crippen LogP contribution in [0.3, 0.4) is 0 Å². The molecule has 0 aliphatic rings. The number of sulfone groups is 1. The third-order valence-electron chi connectivity index (χ3n) is 1.74. The molecule has 0 radical (unpaired) electrons. The molecule has 0 aliphatic heterocycles. The number of hydrogen-bond acceptors (Lipinski definition) is 6. The fourth-order valence-electron chi connectivity index (χ4n) is 0.897. The van der Waals surface area contributed by atoms with E-state index in [-0.39, 0.29) is 17.2 Å². The van der Waals surface area contributed by atoms with Gasteiger partial charge in [-0.3, -0.25) is 4.18 Å². The second-order valence-corrected chi connectivity index (χ2v) is 7.33. The molecule has 0 amide bonds. The summed E-state index contributed by atoms with van der Waals surface area (Å²) in [5.74, 6) is 0.0903. The minimum atomic E-state index is -3.50. The lowest BCUT2D eigenvalue weighted by Gasteiger charge is -1.98. The number of benzene rings is 1. The molecular formula is C10H17NO5S2. The van der Waals surface area contributed by atoms with E-state index < -0.39 is 20.0 Å². The highest BCUT2D eigenvalue weighted by Crippen LogP contribution is 2.09. The third kappa shape index (κ3) is 7.38. The maximum atomic E-state index is 11.0. The molecule has 2 N–H and O–H groups in total. The molecule has 18 heavy (non-hydrogen) atoms. The van der Waals surface area contributed by atoms with Crippen molar-refractivity contribution in [3.8, 4) is 0 Å². The van der Waals surface area contributed by atoms with Crippen LogP contribution in [-0.4, -0.2) is 42.5 Å². The molecule has 0 atom stereocenters. The lowest BCUT2D eigenvalue weighted by Crippen LogP contribution is -2.13. The highest BCUT2D eigenvalue weighted by Gasteiger charge is 2.10. The molecule has 0 heterocycles. The summed E-state index contributed by atoms with van der Waals surface area (Å²) in [6, 6.07) is 8.00. The summed E-state index contributed by atoms with van der Waals surface area (Å²) in [6.07, 6.45) is 1.17. The van der Waals surface area contributed by atoms with Crippen LogP contribution in [0.4, 0.5) is 0 Å². The molecule has 1 rings (SSSR count). The van der Waals surface area contributed by atoms with E-state index in [1.54, 1.807) is 18.2 Å². The SMILES string of the molecule is COS(=O)(=O)c1ccccc1.CS(=O)(=O)CCN. The molecule has 0 saturated carbocycles. The maximum absolute atomic E-state index is 11.0. The molecule has 0 saturated heterocycles. The molecule has 6 nitrogen and oxygen atoms in total. The topological polar surface area (TPSA) is 104 Å². The molecule has 104 valence electrons. The summed E-state index contributed by atoms with van der Waals surface area (Å²) in [6.45, 7) is 0.221. The van der Waals surface area contributed by atoms with Gasteiger partial charge in [-0.15, -0.1) is 0 Å². The summed E-state index contributed by atoms with van der Waals surface area (Å²) >= 11 is 0. The largest absolute Gasteiger partial charge is 0.329 e. The number of hydrogen-bond donors (Lipinski definition) is 1. The first-order chi connectivity index (χ1) is 8.23. The van der Waals surface area contributed by atoms with Crippen molar-refractivity contribution < 1.29 is 21.0 Å². The molecule has 0 spiro atoms. The summed E-state index contributed by atoms with van der Waals surface area (Å²) in [4.78, 5) is 0.183. The van der Waals surface area contributed by atoms with E-state index in [1.165, 1.54) is 18.4 Å². The minimum absolute atomic E-state index is 0.0903. The Morgan fingerprint density at radius 3 is 1.89 bits per heavy atom. The van der Waals surface area contributed by atoms with Gasteiger partial charge in [-0.2, -0.15) is 8.42 Å². The van der Waals surface area contributed by atoms with E-state index in [9.17, 15) is 16.8 Å². The Kier molecular flexibility index (Phi) is 7.07. The van der Waals surface area contributed by atoms with Crippen LogP contribution in [0.25, 0.3) is 0 Å². The second kappa shape index (κ2) is 7.47. The van der Waals surface area contributed by atoms with Gasteiger partial charge in [0.05, 0.1) is 17.8 Å². The van der Waals surface area contributed by atoms with E-state index in [4.69, 9.17) is 5.73 Å². The van der Waals surface area contributed by atoms with Crippen LogP contribution in [0.1, 0.15) is 0 Å². The predicted molar refractivity (Wildman–Crippen MR) is 69.4 cm³/mol. The first-order valence-electron chi connectivity index (χ1n) is 4.96. The maximum Gasteiger partial charge on any atom is 0.296 e. The first kappa shape index (κ1) is 17.0. The van der Waals surface area contributed by atoms with Crippen molar-refractivity contribution in [2.24, 2.45) is 5.73 Å². The molecule has 1 aromatic rings. The van der Waals surface area contributed by atoms with Gasteiger partial charge < -0.3 is 5.73 Å². The fourth-order valence-corrected chi connectivity index (χ4v) is 2.01. The van der Waals surface area contributed by atoms with Gasteiger partial charge in [-0.1, -0.05) is 18.2 Å². The van der Waals surface area contributed by atoms with Gasteiger partial charge in [0.15, 0.2) is 0 Å². The molecule has 0 bridgehead atoms. The Labute approximate surface area is 108 Å². The Morgan fingerprint density at radius 1 is 1.11 bits per heavy atom. The van der Waals surface area contributed by atoms with Crippen LogP contribution in [0.2, 0.25) is 0 Å².